The number of nitrogens with one attached hydrogen (secondary N) is 1. The third-order valence-electron chi connectivity index (χ3n) is 2.00. The molecule has 5 heteroatoms. The molecule has 0 unspecified atom stereocenters. The molecule has 0 heterocycles. The van der Waals surface area contributed by atoms with Crippen LogP contribution < -0.4 is 5.32 Å². The molecule has 86 valence electrons. The fourth-order valence-electron chi connectivity index (χ4n) is 1.14. The molecule has 0 aromatic carbocycles. The summed E-state index contributed by atoms with van der Waals surface area (Å²) in [5, 5.41) is 2.77. The molecule has 0 aliphatic heterocycles. The largest absolute Gasteiger partial charge is 0.460 e. The van der Waals surface area contributed by atoms with Gasteiger partial charge >= 0.3 is 5.97 Å². The molecule has 0 aromatic rings. The highest BCUT2D eigenvalue weighted by Gasteiger charge is 2.18. The Bertz CT molecular complexity index is 250. The molecule has 0 bridgehead atoms. The monoisotopic (exact) mass is 215 g/mol. The van der Waals surface area contributed by atoms with Crippen molar-refractivity contribution in [2.24, 2.45) is 0 Å². The third-order valence-corrected chi connectivity index (χ3v) is 2.00. The standard InChI is InChI=1S/C10H17NO4/c1-4-15-10(14)9(13)6-5-8(11-3)7(2)12/h8,11H,4-6H2,1-3H3/t8-/m0/s1. The van der Waals surface area contributed by atoms with Crippen LogP contribution in [0.15, 0.2) is 0 Å². The van der Waals surface area contributed by atoms with Crippen LogP contribution in [0.1, 0.15) is 26.7 Å². The van der Waals surface area contributed by atoms with Gasteiger partial charge in [-0.15, -0.1) is 0 Å². The van der Waals surface area contributed by atoms with E-state index in [2.05, 4.69) is 10.1 Å². The number of esters is 1. The molecule has 0 radical (unpaired) electrons. The summed E-state index contributed by atoms with van der Waals surface area (Å²) in [4.78, 5) is 33.1. The fraction of sp³-hybridized carbons (Fsp3) is 0.700. The molecular formula is C10H17NO4. The number of carbonyl (C=O) groups excluding carboxylic acids is 3. The Kier molecular flexibility index (Phi) is 6.53. The number of carbonyl (C=O) groups is 3. The predicted molar refractivity (Wildman–Crippen MR) is 54.4 cm³/mol. The molecule has 5 nitrogen and oxygen atoms in total. The molecule has 15 heavy (non-hydrogen) atoms. The summed E-state index contributed by atoms with van der Waals surface area (Å²) in [6.45, 7) is 3.26. The van der Waals surface area contributed by atoms with Crippen LogP contribution in [0.25, 0.3) is 0 Å². The first-order chi connectivity index (χ1) is 7.02. The van der Waals surface area contributed by atoms with Crippen molar-refractivity contribution in [2.45, 2.75) is 32.7 Å². The van der Waals surface area contributed by atoms with Crippen LogP contribution in [-0.2, 0) is 19.1 Å². The summed E-state index contributed by atoms with van der Waals surface area (Å²) in [6.07, 6.45) is 0.355. The van der Waals surface area contributed by atoms with E-state index in [1.807, 2.05) is 0 Å². The van der Waals surface area contributed by atoms with E-state index in [0.717, 1.165) is 0 Å². The number of hydrogen-bond donors (Lipinski definition) is 1. The van der Waals surface area contributed by atoms with Crippen LogP contribution in [-0.4, -0.2) is 37.2 Å². The lowest BCUT2D eigenvalue weighted by molar-refractivity contribution is -0.153. The highest BCUT2D eigenvalue weighted by atomic mass is 16.5. The van der Waals surface area contributed by atoms with E-state index in [4.69, 9.17) is 0 Å². The second-order valence-electron chi connectivity index (χ2n) is 3.13. The molecule has 0 aliphatic rings. The normalized spacial score (nSPS) is 11.9. The van der Waals surface area contributed by atoms with Crippen molar-refractivity contribution in [1.82, 2.24) is 5.32 Å². The minimum atomic E-state index is -0.823. The van der Waals surface area contributed by atoms with Gasteiger partial charge in [0.2, 0.25) is 5.78 Å². The van der Waals surface area contributed by atoms with Crippen molar-refractivity contribution in [2.75, 3.05) is 13.7 Å². The van der Waals surface area contributed by atoms with Gasteiger partial charge < -0.3 is 10.1 Å². The zero-order valence-electron chi connectivity index (χ0n) is 9.33. The van der Waals surface area contributed by atoms with Crippen LogP contribution in [0.4, 0.5) is 0 Å². The van der Waals surface area contributed by atoms with Crippen LogP contribution >= 0.6 is 0 Å². The lowest BCUT2D eigenvalue weighted by atomic mass is 10.1. The lowest BCUT2D eigenvalue weighted by Crippen LogP contribution is -2.33. The molecule has 0 amide bonds. The van der Waals surface area contributed by atoms with E-state index >= 15 is 0 Å². The van der Waals surface area contributed by atoms with Gasteiger partial charge in [-0.05, 0) is 27.3 Å². The molecule has 0 aromatic heterocycles. The van der Waals surface area contributed by atoms with Crippen molar-refractivity contribution < 1.29 is 19.1 Å². The lowest BCUT2D eigenvalue weighted by Gasteiger charge is -2.10. The number of Topliss-reactive ketones (excluding diaryl/α,β-unsaturated/α-hetero) is 2. The predicted octanol–water partition coefficient (Wildman–Crippen LogP) is 0.0758. The summed E-state index contributed by atoms with van der Waals surface area (Å²) >= 11 is 0. The summed E-state index contributed by atoms with van der Waals surface area (Å²) in [6, 6.07) is -0.372. The van der Waals surface area contributed by atoms with E-state index in [-0.39, 0.29) is 24.9 Å². The SMILES string of the molecule is CCOC(=O)C(=O)CC[C@H](NC)C(C)=O. The average Bonchev–Trinajstić information content (AvgIpc) is 2.18. The average molecular weight is 215 g/mol. The van der Waals surface area contributed by atoms with Gasteiger partial charge in [-0.2, -0.15) is 0 Å². The highest BCUT2D eigenvalue weighted by molar-refractivity contribution is 6.33. The van der Waals surface area contributed by atoms with Crippen molar-refractivity contribution >= 4 is 17.5 Å². The second-order valence-corrected chi connectivity index (χ2v) is 3.13. The summed E-state index contributed by atoms with van der Waals surface area (Å²) in [5.74, 6) is -1.46. The van der Waals surface area contributed by atoms with E-state index in [9.17, 15) is 14.4 Å². The van der Waals surface area contributed by atoms with Gasteiger partial charge in [-0.1, -0.05) is 0 Å². The zero-order valence-corrected chi connectivity index (χ0v) is 9.33. The Morgan fingerprint density at radius 2 is 1.93 bits per heavy atom. The van der Waals surface area contributed by atoms with Crippen molar-refractivity contribution in [1.29, 1.82) is 0 Å². The summed E-state index contributed by atoms with van der Waals surface area (Å²) in [5.41, 5.74) is 0. The maximum Gasteiger partial charge on any atom is 0.374 e. The number of ether oxygens (including phenoxy) is 1. The molecule has 0 saturated heterocycles. The van der Waals surface area contributed by atoms with Gasteiger partial charge in [0.25, 0.3) is 0 Å². The van der Waals surface area contributed by atoms with Gasteiger partial charge in [-0.3, -0.25) is 9.59 Å². The van der Waals surface area contributed by atoms with Gasteiger partial charge in [0, 0.05) is 6.42 Å². The molecule has 1 N–H and O–H groups in total. The van der Waals surface area contributed by atoms with Crippen LogP contribution in [0, 0.1) is 0 Å². The maximum atomic E-state index is 11.2. The van der Waals surface area contributed by atoms with Crippen molar-refractivity contribution in [3.05, 3.63) is 0 Å². The Morgan fingerprint density at radius 1 is 1.33 bits per heavy atom. The quantitative estimate of drug-likeness (QED) is 0.481. The van der Waals surface area contributed by atoms with Gasteiger partial charge in [0.15, 0.2) is 0 Å². The van der Waals surface area contributed by atoms with Gasteiger partial charge in [0.05, 0.1) is 12.6 Å². The molecule has 0 saturated carbocycles. The third kappa shape index (κ3) is 5.27. The van der Waals surface area contributed by atoms with Crippen LogP contribution in [0.2, 0.25) is 0 Å². The highest BCUT2D eigenvalue weighted by Crippen LogP contribution is 2.00. The minimum Gasteiger partial charge on any atom is -0.460 e. The Labute approximate surface area is 89.2 Å². The van der Waals surface area contributed by atoms with E-state index in [1.165, 1.54) is 6.92 Å². The first-order valence-electron chi connectivity index (χ1n) is 4.90. The minimum absolute atomic E-state index is 0.0317. The molecule has 0 aliphatic carbocycles. The summed E-state index contributed by atoms with van der Waals surface area (Å²) in [7, 11) is 1.64. The van der Waals surface area contributed by atoms with Gasteiger partial charge in [-0.25, -0.2) is 4.79 Å². The Morgan fingerprint density at radius 3 is 2.33 bits per heavy atom. The first-order valence-corrected chi connectivity index (χ1v) is 4.90. The fourth-order valence-corrected chi connectivity index (χ4v) is 1.14. The maximum absolute atomic E-state index is 11.2. The first kappa shape index (κ1) is 13.8. The number of ketones is 2. The number of likely N-dealkylation sites (N-methyl/N-ethyl adjacent to an activating group) is 1. The van der Waals surface area contributed by atoms with Crippen molar-refractivity contribution in [3.63, 3.8) is 0 Å². The van der Waals surface area contributed by atoms with E-state index in [0.29, 0.717) is 6.42 Å². The number of rotatable bonds is 7. The molecule has 0 fully saturated rings. The van der Waals surface area contributed by atoms with Crippen LogP contribution in [0.5, 0.6) is 0 Å². The molecule has 1 atom stereocenters. The van der Waals surface area contributed by atoms with Crippen LogP contribution in [0.3, 0.4) is 0 Å². The van der Waals surface area contributed by atoms with E-state index in [1.54, 1.807) is 14.0 Å². The molecule has 0 spiro atoms. The Balaban J connectivity index is 3.98. The summed E-state index contributed by atoms with van der Waals surface area (Å²) < 4.78 is 4.54. The van der Waals surface area contributed by atoms with Gasteiger partial charge in [0.1, 0.15) is 5.78 Å². The topological polar surface area (TPSA) is 72.5 Å². The molecular weight excluding hydrogens is 198 g/mol. The van der Waals surface area contributed by atoms with E-state index < -0.39 is 11.8 Å². The smallest absolute Gasteiger partial charge is 0.374 e. The number of hydrogen-bond acceptors (Lipinski definition) is 5. The zero-order chi connectivity index (χ0) is 11.8. The Hall–Kier alpha value is -1.23. The molecule has 0 rings (SSSR count). The second kappa shape index (κ2) is 7.11. The van der Waals surface area contributed by atoms with Crippen molar-refractivity contribution in [3.8, 4) is 0 Å².